The first-order valence-corrected chi connectivity index (χ1v) is 7.56. The number of benzene rings is 2. The van der Waals surface area contributed by atoms with Gasteiger partial charge >= 0.3 is 0 Å². The summed E-state index contributed by atoms with van der Waals surface area (Å²) in [5, 5.41) is 9.27. The summed E-state index contributed by atoms with van der Waals surface area (Å²) >= 11 is 1.68. The maximum absolute atomic E-state index is 12.3. The van der Waals surface area contributed by atoms with Crippen LogP contribution in [0.2, 0.25) is 0 Å². The molecule has 1 N–H and O–H groups in total. The normalized spacial score (nSPS) is 10.6. The average Bonchev–Trinajstić information content (AvgIpc) is 3.00. The highest BCUT2D eigenvalue weighted by Crippen LogP contribution is 2.18. The third-order valence-electron chi connectivity index (χ3n) is 3.31. The topological polar surface area (TPSA) is 29.1 Å². The molecular formula is C17H15NOS. The van der Waals surface area contributed by atoms with Crippen molar-refractivity contribution in [3.05, 3.63) is 70.4 Å². The molecule has 0 bridgehead atoms. The summed E-state index contributed by atoms with van der Waals surface area (Å²) in [6.07, 6.45) is 0.875. The van der Waals surface area contributed by atoms with Crippen molar-refractivity contribution in [3.63, 3.8) is 0 Å². The van der Waals surface area contributed by atoms with E-state index in [1.807, 2.05) is 42.5 Å². The molecule has 0 fully saturated rings. The Morgan fingerprint density at radius 1 is 1.05 bits per heavy atom. The van der Waals surface area contributed by atoms with Gasteiger partial charge in [0.25, 0.3) is 5.91 Å². The van der Waals surface area contributed by atoms with E-state index in [2.05, 4.69) is 22.1 Å². The Balaban J connectivity index is 1.72. The van der Waals surface area contributed by atoms with Gasteiger partial charge in [0, 0.05) is 12.1 Å². The van der Waals surface area contributed by atoms with Crippen LogP contribution in [0, 0.1) is 0 Å². The first-order valence-electron chi connectivity index (χ1n) is 6.61. The lowest BCUT2D eigenvalue weighted by molar-refractivity contribution is 0.0956. The minimum absolute atomic E-state index is 0.00275. The smallest absolute Gasteiger partial charge is 0.251 e. The van der Waals surface area contributed by atoms with Crippen molar-refractivity contribution in [1.29, 1.82) is 0 Å². The van der Waals surface area contributed by atoms with Crippen LogP contribution >= 0.6 is 11.3 Å². The van der Waals surface area contributed by atoms with Gasteiger partial charge in [-0.15, -0.1) is 0 Å². The zero-order valence-corrected chi connectivity index (χ0v) is 11.8. The van der Waals surface area contributed by atoms with Crippen LogP contribution in [0.3, 0.4) is 0 Å². The molecule has 0 saturated carbocycles. The number of hydrogen-bond acceptors (Lipinski definition) is 2. The molecule has 0 spiro atoms. The van der Waals surface area contributed by atoms with Crippen LogP contribution in [-0.2, 0) is 6.42 Å². The number of thiophene rings is 1. The van der Waals surface area contributed by atoms with Gasteiger partial charge in [0.15, 0.2) is 0 Å². The Bertz CT molecular complexity index is 713. The third-order valence-corrected chi connectivity index (χ3v) is 4.05. The van der Waals surface area contributed by atoms with E-state index in [9.17, 15) is 4.79 Å². The van der Waals surface area contributed by atoms with Crippen molar-refractivity contribution in [2.24, 2.45) is 0 Å². The van der Waals surface area contributed by atoms with Crippen molar-refractivity contribution in [2.75, 3.05) is 6.54 Å². The maximum atomic E-state index is 12.3. The lowest BCUT2D eigenvalue weighted by Crippen LogP contribution is -2.25. The largest absolute Gasteiger partial charge is 0.352 e. The fourth-order valence-corrected chi connectivity index (χ4v) is 2.98. The van der Waals surface area contributed by atoms with Gasteiger partial charge in [-0.05, 0) is 45.6 Å². The Labute approximate surface area is 122 Å². The Morgan fingerprint density at radius 3 is 2.75 bits per heavy atom. The molecule has 1 amide bonds. The van der Waals surface area contributed by atoms with Crippen molar-refractivity contribution >= 4 is 28.0 Å². The molecule has 1 aromatic heterocycles. The minimum Gasteiger partial charge on any atom is -0.352 e. The molecule has 0 radical (unpaired) electrons. The van der Waals surface area contributed by atoms with Gasteiger partial charge in [0.05, 0.1) is 0 Å². The van der Waals surface area contributed by atoms with E-state index in [0.29, 0.717) is 6.54 Å². The van der Waals surface area contributed by atoms with Gasteiger partial charge in [0.1, 0.15) is 0 Å². The molecule has 2 nitrogen and oxygen atoms in total. The fourth-order valence-electron chi connectivity index (χ4n) is 2.27. The van der Waals surface area contributed by atoms with Crippen molar-refractivity contribution in [1.82, 2.24) is 5.32 Å². The molecule has 3 heteroatoms. The molecule has 0 atom stereocenters. The highest BCUT2D eigenvalue weighted by Gasteiger charge is 2.08. The minimum atomic E-state index is -0.00275. The summed E-state index contributed by atoms with van der Waals surface area (Å²) in [6, 6.07) is 15.9. The second-order valence-corrected chi connectivity index (χ2v) is 5.44. The van der Waals surface area contributed by atoms with E-state index in [0.717, 1.165) is 22.8 Å². The quantitative estimate of drug-likeness (QED) is 0.772. The molecule has 1 heterocycles. The lowest BCUT2D eigenvalue weighted by atomic mass is 10.0. The monoisotopic (exact) mass is 281 g/mol. The zero-order chi connectivity index (χ0) is 13.8. The predicted molar refractivity (Wildman–Crippen MR) is 84.3 cm³/mol. The van der Waals surface area contributed by atoms with Gasteiger partial charge in [-0.2, -0.15) is 11.3 Å². The van der Waals surface area contributed by atoms with Crippen LogP contribution in [0.15, 0.2) is 59.3 Å². The maximum Gasteiger partial charge on any atom is 0.251 e. The fraction of sp³-hybridized carbons (Fsp3) is 0.118. The van der Waals surface area contributed by atoms with Gasteiger partial charge in [0.2, 0.25) is 0 Å². The average molecular weight is 281 g/mol. The van der Waals surface area contributed by atoms with E-state index in [1.165, 1.54) is 5.56 Å². The zero-order valence-electron chi connectivity index (χ0n) is 11.0. The Kier molecular flexibility index (Phi) is 3.79. The second-order valence-electron chi connectivity index (χ2n) is 4.66. The van der Waals surface area contributed by atoms with Gasteiger partial charge in [-0.3, -0.25) is 4.79 Å². The molecule has 0 unspecified atom stereocenters. The van der Waals surface area contributed by atoms with E-state index >= 15 is 0 Å². The van der Waals surface area contributed by atoms with Gasteiger partial charge in [-0.25, -0.2) is 0 Å². The number of hydrogen-bond donors (Lipinski definition) is 1. The molecule has 2 aromatic carbocycles. The molecular weight excluding hydrogens is 266 g/mol. The number of amides is 1. The number of nitrogens with one attached hydrogen (secondary N) is 1. The highest BCUT2D eigenvalue weighted by atomic mass is 32.1. The molecule has 3 aromatic rings. The number of fused-ring (bicyclic) bond motifs is 1. The summed E-state index contributed by atoms with van der Waals surface area (Å²) in [6.45, 7) is 0.665. The molecule has 0 aliphatic rings. The number of rotatable bonds is 4. The first-order chi connectivity index (χ1) is 9.84. The number of carbonyl (C=O) groups is 1. The van der Waals surface area contributed by atoms with Crippen LogP contribution < -0.4 is 5.32 Å². The molecule has 100 valence electrons. The molecule has 3 rings (SSSR count). The van der Waals surface area contributed by atoms with Crippen LogP contribution in [0.4, 0.5) is 0 Å². The van der Waals surface area contributed by atoms with Crippen molar-refractivity contribution in [3.8, 4) is 0 Å². The standard InChI is InChI=1S/C17H15NOS/c19-17(18-10-8-13-9-11-20-12-13)16-7-3-5-14-4-1-2-6-15(14)16/h1-7,9,11-12H,8,10H2,(H,18,19). The van der Waals surface area contributed by atoms with Gasteiger partial charge in [-0.1, -0.05) is 36.4 Å². The molecule has 0 aliphatic heterocycles. The summed E-state index contributed by atoms with van der Waals surface area (Å²) in [5.41, 5.74) is 2.02. The van der Waals surface area contributed by atoms with Crippen molar-refractivity contribution < 1.29 is 4.79 Å². The SMILES string of the molecule is O=C(NCCc1ccsc1)c1cccc2ccccc12. The summed E-state index contributed by atoms with van der Waals surface area (Å²) in [7, 11) is 0. The molecule has 0 saturated heterocycles. The highest BCUT2D eigenvalue weighted by molar-refractivity contribution is 7.07. The van der Waals surface area contributed by atoms with E-state index in [4.69, 9.17) is 0 Å². The van der Waals surface area contributed by atoms with Crippen LogP contribution in [0.1, 0.15) is 15.9 Å². The summed E-state index contributed by atoms with van der Waals surface area (Å²) in [4.78, 5) is 12.3. The van der Waals surface area contributed by atoms with Crippen LogP contribution in [-0.4, -0.2) is 12.5 Å². The van der Waals surface area contributed by atoms with Gasteiger partial charge < -0.3 is 5.32 Å². The van der Waals surface area contributed by atoms with E-state index in [-0.39, 0.29) is 5.91 Å². The summed E-state index contributed by atoms with van der Waals surface area (Å²) < 4.78 is 0. The second kappa shape index (κ2) is 5.88. The lowest BCUT2D eigenvalue weighted by Gasteiger charge is -2.07. The first kappa shape index (κ1) is 12.9. The molecule has 20 heavy (non-hydrogen) atoms. The van der Waals surface area contributed by atoms with Crippen LogP contribution in [0.25, 0.3) is 10.8 Å². The third kappa shape index (κ3) is 2.73. The van der Waals surface area contributed by atoms with Crippen molar-refractivity contribution in [2.45, 2.75) is 6.42 Å². The van der Waals surface area contributed by atoms with E-state index in [1.54, 1.807) is 11.3 Å². The summed E-state index contributed by atoms with van der Waals surface area (Å²) in [5.74, 6) is -0.00275. The Hall–Kier alpha value is -2.13. The van der Waals surface area contributed by atoms with Crippen LogP contribution in [0.5, 0.6) is 0 Å². The Morgan fingerprint density at radius 2 is 1.90 bits per heavy atom. The number of carbonyl (C=O) groups excluding carboxylic acids is 1. The van der Waals surface area contributed by atoms with E-state index < -0.39 is 0 Å². The predicted octanol–water partition coefficient (Wildman–Crippen LogP) is 3.87. The molecule has 0 aliphatic carbocycles.